The summed E-state index contributed by atoms with van der Waals surface area (Å²) in [5.74, 6) is -1.30. The molecular weight excluding hydrogens is 572 g/mol. The molecule has 1 amide bonds. The molecular formula is C18H23N9NaO11P. The second kappa shape index (κ2) is 13.0. The number of amides is 1. The molecule has 2 aliphatic heterocycles. The molecule has 2 aromatic rings. The third-order valence-electron chi connectivity index (χ3n) is 5.98. The van der Waals surface area contributed by atoms with E-state index in [9.17, 15) is 34.1 Å². The number of carbonyl (C=O) groups is 1. The number of primary amides is 1. The minimum absolute atomic E-state index is 0. The van der Waals surface area contributed by atoms with Gasteiger partial charge in [0.15, 0.2) is 6.23 Å². The number of nitrogens with two attached hydrogens (primary N) is 1. The molecule has 2 aliphatic rings. The quantitative estimate of drug-likeness (QED) is 0.0655. The number of aromatic nitrogens is 5. The van der Waals surface area contributed by atoms with Crippen LogP contribution in [0.1, 0.15) is 35.1 Å². The summed E-state index contributed by atoms with van der Waals surface area (Å²) < 4.78 is 35.1. The van der Waals surface area contributed by atoms with Crippen LogP contribution in [0, 0.1) is 6.92 Å². The van der Waals surface area contributed by atoms with Crippen LogP contribution in [-0.4, -0.2) is 84.1 Å². The maximum atomic E-state index is 12.4. The van der Waals surface area contributed by atoms with Crippen molar-refractivity contribution in [2.45, 2.75) is 56.3 Å². The number of phosphoric acid groups is 1. The minimum atomic E-state index is -5.05. The molecule has 0 saturated carbocycles. The van der Waals surface area contributed by atoms with Crippen LogP contribution in [0.4, 0.5) is 0 Å². The molecule has 0 aliphatic carbocycles. The van der Waals surface area contributed by atoms with E-state index in [2.05, 4.69) is 25.1 Å². The van der Waals surface area contributed by atoms with Crippen molar-refractivity contribution in [2.24, 2.45) is 10.8 Å². The van der Waals surface area contributed by atoms with Crippen molar-refractivity contribution in [3.05, 3.63) is 55.2 Å². The van der Waals surface area contributed by atoms with Gasteiger partial charge in [0, 0.05) is 23.1 Å². The summed E-state index contributed by atoms with van der Waals surface area (Å²) in [5.41, 5.74) is 12.8. The molecule has 2 unspecified atom stereocenters. The number of aliphatic hydroxyl groups is 2. The first-order chi connectivity index (χ1) is 18.4. The monoisotopic (exact) mass is 595 g/mol. The van der Waals surface area contributed by atoms with Crippen LogP contribution in [0.5, 0.6) is 0 Å². The van der Waals surface area contributed by atoms with Gasteiger partial charge >= 0.3 is 35.2 Å². The average Bonchev–Trinajstić information content (AvgIpc) is 3.58. The van der Waals surface area contributed by atoms with Gasteiger partial charge in [0.1, 0.15) is 30.9 Å². The van der Waals surface area contributed by atoms with Crippen molar-refractivity contribution in [1.82, 2.24) is 24.3 Å². The van der Waals surface area contributed by atoms with Crippen LogP contribution in [0.15, 0.2) is 27.2 Å². The van der Waals surface area contributed by atoms with Gasteiger partial charge in [-0.3, -0.25) is 23.7 Å². The molecule has 4 heterocycles. The predicted octanol–water partition coefficient (Wildman–Crippen LogP) is -5.67. The number of aliphatic hydroxyl groups excluding tert-OH is 2. The van der Waals surface area contributed by atoms with Gasteiger partial charge in [0.05, 0.1) is 25.4 Å². The van der Waals surface area contributed by atoms with E-state index in [0.29, 0.717) is 0 Å². The van der Waals surface area contributed by atoms with Gasteiger partial charge in [-0.25, -0.2) is 14.5 Å². The number of phosphoric ester groups is 1. The van der Waals surface area contributed by atoms with E-state index in [0.717, 1.165) is 15.6 Å². The first-order valence-electron chi connectivity index (χ1n) is 11.2. The molecule has 0 radical (unpaired) electrons. The van der Waals surface area contributed by atoms with Gasteiger partial charge in [0.25, 0.3) is 19.3 Å². The van der Waals surface area contributed by atoms with Gasteiger partial charge in [0.2, 0.25) is 5.82 Å². The SMILES string of the molecule is Cc1cn([C@H]2CC(N=[N+]=[N-])[C@@H](COP(=O)([O-])OC[C@H]3O[C@@H](n4cnc(C(N)=O)n4)[C@H](O)[C@@H]3O)O2)c(=O)[nH]c1=O.[Na+]. The Hall–Kier alpha value is -2.45. The van der Waals surface area contributed by atoms with E-state index in [1.165, 1.54) is 13.1 Å². The van der Waals surface area contributed by atoms with Gasteiger partial charge in [-0.05, 0) is 12.5 Å². The Bertz CT molecular complexity index is 1440. The number of nitrogens with one attached hydrogen (secondary N) is 1. The van der Waals surface area contributed by atoms with Crippen LogP contribution >= 0.6 is 7.82 Å². The van der Waals surface area contributed by atoms with E-state index in [-0.39, 0.29) is 47.4 Å². The van der Waals surface area contributed by atoms with Crippen molar-refractivity contribution in [3.8, 4) is 0 Å². The summed E-state index contributed by atoms with van der Waals surface area (Å²) in [7, 11) is -5.05. The zero-order valence-corrected chi connectivity index (χ0v) is 23.9. The summed E-state index contributed by atoms with van der Waals surface area (Å²) >= 11 is 0. The first kappa shape index (κ1) is 32.1. The summed E-state index contributed by atoms with van der Waals surface area (Å²) in [4.78, 5) is 55.8. The van der Waals surface area contributed by atoms with Crippen LogP contribution < -0.4 is 51.4 Å². The van der Waals surface area contributed by atoms with Crippen molar-refractivity contribution in [2.75, 3.05) is 13.2 Å². The zero-order chi connectivity index (χ0) is 28.5. The fourth-order valence-corrected chi connectivity index (χ4v) is 4.72. The number of aryl methyl sites for hydroxylation is 1. The minimum Gasteiger partial charge on any atom is -0.756 e. The van der Waals surface area contributed by atoms with E-state index >= 15 is 0 Å². The maximum absolute atomic E-state index is 12.4. The van der Waals surface area contributed by atoms with E-state index in [4.69, 9.17) is 29.8 Å². The Morgan fingerprint density at radius 2 is 2.00 bits per heavy atom. The summed E-state index contributed by atoms with van der Waals surface area (Å²) in [6, 6.07) is -0.928. The maximum Gasteiger partial charge on any atom is 1.00 e. The molecule has 4 rings (SSSR count). The zero-order valence-electron chi connectivity index (χ0n) is 21.0. The molecule has 2 fully saturated rings. The number of hydrogen-bond donors (Lipinski definition) is 4. The average molecular weight is 595 g/mol. The number of nitrogens with zero attached hydrogens (tertiary/aromatic N) is 7. The van der Waals surface area contributed by atoms with Crippen LogP contribution in [0.3, 0.4) is 0 Å². The molecule has 0 bridgehead atoms. The molecule has 8 atom stereocenters. The van der Waals surface area contributed by atoms with Gasteiger partial charge < -0.3 is 39.4 Å². The van der Waals surface area contributed by atoms with E-state index < -0.39 is 81.1 Å². The van der Waals surface area contributed by atoms with Crippen LogP contribution in [0.2, 0.25) is 0 Å². The van der Waals surface area contributed by atoms with Crippen molar-refractivity contribution < 1.29 is 72.5 Å². The molecule has 40 heavy (non-hydrogen) atoms. The van der Waals surface area contributed by atoms with Gasteiger partial charge in [-0.1, -0.05) is 5.11 Å². The largest absolute Gasteiger partial charge is 1.00 e. The van der Waals surface area contributed by atoms with Crippen molar-refractivity contribution >= 4 is 13.7 Å². The first-order valence-corrected chi connectivity index (χ1v) is 12.7. The van der Waals surface area contributed by atoms with Crippen molar-refractivity contribution in [3.63, 3.8) is 0 Å². The Balaban J connectivity index is 0.00000441. The number of aromatic amines is 1. The topological polar surface area (TPSA) is 295 Å². The molecule has 22 heteroatoms. The summed E-state index contributed by atoms with van der Waals surface area (Å²) in [6.07, 6.45) is -5.70. The number of hydrogen-bond acceptors (Lipinski definition) is 14. The van der Waals surface area contributed by atoms with Crippen LogP contribution in [0.25, 0.3) is 10.4 Å². The second-order valence-corrected chi connectivity index (χ2v) is 10.0. The second-order valence-electron chi connectivity index (χ2n) is 8.61. The summed E-state index contributed by atoms with van der Waals surface area (Å²) in [5, 5.41) is 27.8. The van der Waals surface area contributed by atoms with E-state index in [1.807, 2.05) is 0 Å². The Labute approximate surface area is 245 Å². The third kappa shape index (κ3) is 7.06. The molecule has 20 nitrogen and oxygen atoms in total. The molecule has 0 spiro atoms. The van der Waals surface area contributed by atoms with Gasteiger partial charge in [-0.15, -0.1) is 5.10 Å². The number of H-pyrrole nitrogens is 1. The van der Waals surface area contributed by atoms with Gasteiger partial charge in [-0.2, -0.15) is 0 Å². The number of rotatable bonds is 10. The van der Waals surface area contributed by atoms with Crippen molar-refractivity contribution in [1.29, 1.82) is 0 Å². The third-order valence-corrected chi connectivity index (χ3v) is 6.91. The smallest absolute Gasteiger partial charge is 0.756 e. The molecule has 2 aromatic heterocycles. The molecule has 5 N–H and O–H groups in total. The predicted molar refractivity (Wildman–Crippen MR) is 121 cm³/mol. The molecule has 2 saturated heterocycles. The fourth-order valence-electron chi connectivity index (χ4n) is 3.99. The Morgan fingerprint density at radius 3 is 2.62 bits per heavy atom. The Kier molecular flexibility index (Phi) is 10.4. The normalized spacial score (nSPS) is 29.4. The number of azide groups is 1. The number of carbonyl (C=O) groups excluding carboxylic acids is 1. The Morgan fingerprint density at radius 1 is 1.32 bits per heavy atom. The van der Waals surface area contributed by atoms with Crippen LogP contribution in [-0.2, 0) is 23.1 Å². The number of ether oxygens (including phenoxy) is 2. The van der Waals surface area contributed by atoms with E-state index in [1.54, 1.807) is 0 Å². The standard InChI is InChI=1S/C18H24N9O11P.Na/c1-7-3-26(18(32)22-16(7)31)11-2-8(23-25-20)9(37-11)4-35-39(33,34)36-5-10-12(28)13(29)17(38-10)27-6-21-15(24-27)14(19)30;/h3,6,8-13,17,28-29H,2,4-5H2,1H3,(H2,19,30)(H,33,34)(H,22,31,32);/q;+1/p-1/t8?,9-,10-,11-,12-,13-,17-;/m1./s1. The molecule has 0 aromatic carbocycles. The molecule has 212 valence electrons. The fraction of sp³-hybridized carbons (Fsp3) is 0.611. The summed E-state index contributed by atoms with van der Waals surface area (Å²) in [6.45, 7) is 0.0375.